The van der Waals surface area contributed by atoms with Gasteiger partial charge in [-0.15, -0.1) is 0 Å². The van der Waals surface area contributed by atoms with E-state index < -0.39 is 0 Å². The second-order valence-electron chi connectivity index (χ2n) is 13.8. The number of nitrogens with one attached hydrogen (secondary N) is 2. The standard InChI is InChI=1S/C25H30N4O2.C15H20N2O2/c1-17(30)27-23-9-6-10-24-21(23)13-18(15-28(2)3)16-29(24)25(31)12-11-19-14-26-22-8-5-4-7-20(19)22;16-14(18)7-6-12-8-10-17(11-9-12)15(19)13-4-2-1-3-5-13/h4-10,14,18,26H,11-13,15-16H2,1-3H3,(H,27,30);1-5,12H,6-11H2,(H2,16,18). The summed E-state index contributed by atoms with van der Waals surface area (Å²) in [5, 5.41) is 4.12. The number of nitrogens with zero attached hydrogens (tertiary/aromatic N) is 3. The summed E-state index contributed by atoms with van der Waals surface area (Å²) in [6.45, 7) is 4.65. The number of H-pyrrole nitrogens is 1. The maximum Gasteiger partial charge on any atom is 0.253 e. The molecule has 264 valence electrons. The molecule has 2 aliphatic heterocycles. The molecule has 1 atom stereocenters. The Bertz CT molecular complexity index is 1780. The maximum absolute atomic E-state index is 13.4. The maximum atomic E-state index is 13.4. The number of amides is 4. The van der Waals surface area contributed by atoms with Gasteiger partial charge in [-0.05, 0) is 99.5 Å². The van der Waals surface area contributed by atoms with Gasteiger partial charge in [0, 0.05) is 80.0 Å². The topological polar surface area (TPSA) is 132 Å². The Balaban J connectivity index is 0.000000219. The molecule has 10 nitrogen and oxygen atoms in total. The van der Waals surface area contributed by atoms with Gasteiger partial charge in [-0.3, -0.25) is 19.2 Å². The van der Waals surface area contributed by atoms with E-state index in [0.717, 1.165) is 78.9 Å². The monoisotopic (exact) mass is 678 g/mol. The number of piperidine rings is 1. The molecule has 1 saturated heterocycles. The van der Waals surface area contributed by atoms with Gasteiger partial charge in [-0.25, -0.2) is 0 Å². The molecule has 0 spiro atoms. The first kappa shape index (κ1) is 36.3. The number of hydrogen-bond donors (Lipinski definition) is 3. The first-order chi connectivity index (χ1) is 24.1. The highest BCUT2D eigenvalue weighted by molar-refractivity contribution is 5.98. The van der Waals surface area contributed by atoms with E-state index in [0.29, 0.717) is 37.6 Å². The van der Waals surface area contributed by atoms with Crippen LogP contribution in [-0.2, 0) is 27.2 Å². The number of aryl methyl sites for hydroxylation is 1. The highest BCUT2D eigenvalue weighted by atomic mass is 16.2. The van der Waals surface area contributed by atoms with Gasteiger partial charge in [-0.2, -0.15) is 0 Å². The summed E-state index contributed by atoms with van der Waals surface area (Å²) in [4.78, 5) is 57.3. The molecular weight excluding hydrogens is 628 g/mol. The molecule has 0 bridgehead atoms. The molecule has 1 unspecified atom stereocenters. The van der Waals surface area contributed by atoms with Crippen molar-refractivity contribution in [2.75, 3.05) is 50.5 Å². The van der Waals surface area contributed by atoms with Crippen LogP contribution in [0.1, 0.15) is 60.5 Å². The second-order valence-corrected chi connectivity index (χ2v) is 13.8. The highest BCUT2D eigenvalue weighted by Crippen LogP contribution is 2.36. The third-order valence-electron chi connectivity index (χ3n) is 9.62. The molecule has 50 heavy (non-hydrogen) atoms. The second kappa shape index (κ2) is 17.1. The van der Waals surface area contributed by atoms with Crippen molar-refractivity contribution in [3.8, 4) is 0 Å². The zero-order valence-corrected chi connectivity index (χ0v) is 29.5. The molecule has 2 aliphatic rings. The summed E-state index contributed by atoms with van der Waals surface area (Å²) >= 11 is 0. The van der Waals surface area contributed by atoms with E-state index in [1.807, 2.05) is 76.7 Å². The fourth-order valence-corrected chi connectivity index (χ4v) is 7.18. The van der Waals surface area contributed by atoms with Crippen LogP contribution in [-0.4, -0.2) is 78.7 Å². The summed E-state index contributed by atoms with van der Waals surface area (Å²) < 4.78 is 0. The molecule has 4 amide bonds. The van der Waals surface area contributed by atoms with Crippen molar-refractivity contribution in [1.29, 1.82) is 0 Å². The molecule has 1 aromatic heterocycles. The number of benzene rings is 3. The first-order valence-electron chi connectivity index (χ1n) is 17.6. The third-order valence-corrected chi connectivity index (χ3v) is 9.62. The lowest BCUT2D eigenvalue weighted by atomic mass is 9.90. The Hall–Kier alpha value is -4.96. The van der Waals surface area contributed by atoms with Gasteiger partial charge < -0.3 is 30.7 Å². The molecule has 0 radical (unpaired) electrons. The average Bonchev–Trinajstić information content (AvgIpc) is 3.53. The predicted octanol–water partition coefficient (Wildman–Crippen LogP) is 5.63. The van der Waals surface area contributed by atoms with Gasteiger partial charge in [0.2, 0.25) is 17.7 Å². The Morgan fingerprint density at radius 2 is 1.62 bits per heavy atom. The van der Waals surface area contributed by atoms with Gasteiger partial charge in [0.05, 0.1) is 0 Å². The molecule has 10 heteroatoms. The van der Waals surface area contributed by atoms with Crippen molar-refractivity contribution in [1.82, 2.24) is 14.8 Å². The fraction of sp³-hybridized carbons (Fsp3) is 0.400. The van der Waals surface area contributed by atoms with Crippen molar-refractivity contribution in [2.24, 2.45) is 17.6 Å². The lowest BCUT2D eigenvalue weighted by Crippen LogP contribution is -2.43. The van der Waals surface area contributed by atoms with Crippen LogP contribution in [0, 0.1) is 11.8 Å². The summed E-state index contributed by atoms with van der Waals surface area (Å²) in [5.41, 5.74) is 10.9. The summed E-state index contributed by atoms with van der Waals surface area (Å²) in [5.74, 6) is 0.730. The molecule has 1 fully saturated rings. The van der Waals surface area contributed by atoms with Crippen LogP contribution in [0.15, 0.2) is 79.0 Å². The molecule has 3 aromatic carbocycles. The van der Waals surface area contributed by atoms with Crippen molar-refractivity contribution in [3.63, 3.8) is 0 Å². The Kier molecular flexibility index (Phi) is 12.4. The Labute approximate surface area is 295 Å². The van der Waals surface area contributed by atoms with Crippen molar-refractivity contribution < 1.29 is 19.2 Å². The average molecular weight is 679 g/mol. The van der Waals surface area contributed by atoms with Gasteiger partial charge in [0.25, 0.3) is 5.91 Å². The minimum absolute atomic E-state index is 0.0969. The largest absolute Gasteiger partial charge is 0.370 e. The number of aromatic amines is 1. The SMILES string of the molecule is CC(=O)Nc1cccc2c1CC(CN(C)C)CN2C(=O)CCc1c[nH]c2ccccc12.NC(=O)CCC1CCN(C(=O)c2ccccc2)CC1. The molecule has 4 aromatic rings. The van der Waals surface area contributed by atoms with Crippen LogP contribution < -0.4 is 16.0 Å². The lowest BCUT2D eigenvalue weighted by Gasteiger charge is -2.37. The number of anilines is 2. The third kappa shape index (κ3) is 9.59. The number of fused-ring (bicyclic) bond motifs is 2. The van der Waals surface area contributed by atoms with Gasteiger partial charge >= 0.3 is 0 Å². The molecule has 3 heterocycles. The van der Waals surface area contributed by atoms with Crippen molar-refractivity contribution in [3.05, 3.63) is 95.7 Å². The zero-order chi connectivity index (χ0) is 35.6. The number of primary amides is 1. The Morgan fingerprint density at radius 1 is 0.900 bits per heavy atom. The normalized spacial score (nSPS) is 16.0. The van der Waals surface area contributed by atoms with Crippen molar-refractivity contribution >= 4 is 45.9 Å². The first-order valence-corrected chi connectivity index (χ1v) is 17.6. The molecule has 0 saturated carbocycles. The number of hydrogen-bond acceptors (Lipinski definition) is 5. The number of para-hydroxylation sites is 1. The predicted molar refractivity (Wildman–Crippen MR) is 199 cm³/mol. The summed E-state index contributed by atoms with van der Waals surface area (Å²) in [6, 6.07) is 23.4. The van der Waals surface area contributed by atoms with Crippen LogP contribution in [0.4, 0.5) is 11.4 Å². The van der Waals surface area contributed by atoms with E-state index in [-0.39, 0.29) is 23.6 Å². The van der Waals surface area contributed by atoms with Gasteiger partial charge in [0.1, 0.15) is 0 Å². The van der Waals surface area contributed by atoms with E-state index in [2.05, 4.69) is 41.4 Å². The van der Waals surface area contributed by atoms with E-state index >= 15 is 0 Å². The fourth-order valence-electron chi connectivity index (χ4n) is 7.18. The smallest absolute Gasteiger partial charge is 0.253 e. The van der Waals surface area contributed by atoms with E-state index in [9.17, 15) is 19.2 Å². The molecule has 0 aliphatic carbocycles. The van der Waals surface area contributed by atoms with Crippen LogP contribution in [0.2, 0.25) is 0 Å². The van der Waals surface area contributed by atoms with Gasteiger partial charge in [0.15, 0.2) is 0 Å². The number of carbonyl (C=O) groups is 4. The van der Waals surface area contributed by atoms with E-state index in [1.54, 1.807) is 0 Å². The molecule has 4 N–H and O–H groups in total. The van der Waals surface area contributed by atoms with E-state index in [4.69, 9.17) is 5.73 Å². The van der Waals surface area contributed by atoms with Gasteiger partial charge in [-0.1, -0.05) is 42.5 Å². The number of nitrogens with two attached hydrogens (primary N) is 1. The van der Waals surface area contributed by atoms with Crippen LogP contribution in [0.25, 0.3) is 10.9 Å². The molecule has 6 rings (SSSR count). The number of likely N-dealkylation sites (tertiary alicyclic amines) is 1. The van der Waals surface area contributed by atoms with Crippen LogP contribution in [0.3, 0.4) is 0 Å². The van der Waals surface area contributed by atoms with Crippen LogP contribution >= 0.6 is 0 Å². The number of aromatic nitrogens is 1. The highest BCUT2D eigenvalue weighted by Gasteiger charge is 2.30. The minimum Gasteiger partial charge on any atom is -0.370 e. The van der Waals surface area contributed by atoms with E-state index in [1.165, 1.54) is 12.3 Å². The number of carbonyl (C=O) groups excluding carboxylic acids is 4. The lowest BCUT2D eigenvalue weighted by molar-refractivity contribution is -0.119. The minimum atomic E-state index is -0.234. The molecular formula is C40H50N6O4. The van der Waals surface area contributed by atoms with Crippen molar-refractivity contribution in [2.45, 2.75) is 51.9 Å². The quantitative estimate of drug-likeness (QED) is 0.200. The zero-order valence-electron chi connectivity index (χ0n) is 29.5. The number of rotatable bonds is 10. The van der Waals surface area contributed by atoms with Crippen LogP contribution in [0.5, 0.6) is 0 Å². The summed E-state index contributed by atoms with van der Waals surface area (Å²) in [6.07, 6.45) is 7.22. The Morgan fingerprint density at radius 3 is 2.32 bits per heavy atom. The summed E-state index contributed by atoms with van der Waals surface area (Å²) in [7, 11) is 4.11.